The zero-order valence-corrected chi connectivity index (χ0v) is 11.9. The number of Topliss-reactive ketones (excluding diaryl/α,β-unsaturated/α-hetero) is 1. The van der Waals surface area contributed by atoms with Gasteiger partial charge in [-0.3, -0.25) is 9.59 Å². The Morgan fingerprint density at radius 2 is 2.00 bits per heavy atom. The minimum absolute atomic E-state index is 0.0253. The van der Waals surface area contributed by atoms with Crippen molar-refractivity contribution >= 4 is 11.7 Å². The fourth-order valence-electron chi connectivity index (χ4n) is 1.77. The van der Waals surface area contributed by atoms with Crippen LogP contribution in [0.25, 0.3) is 0 Å². The second-order valence-electron chi connectivity index (χ2n) is 4.31. The Morgan fingerprint density at radius 1 is 1.42 bits per heavy atom. The van der Waals surface area contributed by atoms with E-state index in [1.165, 1.54) is 0 Å². The molecule has 1 aliphatic rings. The lowest BCUT2D eigenvalue weighted by Crippen LogP contribution is -2.57. The van der Waals surface area contributed by atoms with Crippen LogP contribution in [0.3, 0.4) is 0 Å². The number of rotatable bonds is 4. The number of carbonyl (C=O) groups excluding carboxylic acids is 2. The Bertz CT molecular complexity index is 282. The highest BCUT2D eigenvalue weighted by Crippen LogP contribution is 2.14. The smallest absolute Gasteiger partial charge is 0.220 e. The van der Waals surface area contributed by atoms with Crippen LogP contribution in [-0.2, 0) is 14.3 Å². The number of ether oxygens (including phenoxy) is 1. The van der Waals surface area contributed by atoms with E-state index in [9.17, 15) is 14.7 Å². The molecule has 6 heteroatoms. The molecule has 1 rings (SSSR count). The molecule has 0 saturated carbocycles. The lowest BCUT2D eigenvalue weighted by Gasteiger charge is -2.32. The third-order valence-electron chi connectivity index (χ3n) is 2.67. The number of nitrogens with one attached hydrogen (secondary N) is 1. The van der Waals surface area contributed by atoms with E-state index in [0.717, 1.165) is 6.42 Å². The average molecular weight is 275 g/mol. The normalized spacial score (nSPS) is 26.4. The summed E-state index contributed by atoms with van der Waals surface area (Å²) in [4.78, 5) is 23.1. The van der Waals surface area contributed by atoms with E-state index in [0.29, 0.717) is 12.8 Å². The Morgan fingerprint density at radius 3 is 2.47 bits per heavy atom. The van der Waals surface area contributed by atoms with Gasteiger partial charge in [0.1, 0.15) is 12.1 Å². The maximum Gasteiger partial charge on any atom is 0.220 e. The number of hydrogen-bond acceptors (Lipinski definition) is 5. The molecular weight excluding hydrogens is 250 g/mol. The van der Waals surface area contributed by atoms with Gasteiger partial charge in [0, 0.05) is 13.0 Å². The third-order valence-corrected chi connectivity index (χ3v) is 2.67. The standard InChI is InChI=1S/C11H19NO4.C2H6O/c1-3-5-9(14)12-10-8(4-2)16-6-7(13)11(10)15;1-2-3/h7-8,10,13H,3-6H2,1-2H3,(H,12,14);3H,2H2,1H3/t7-,8?,10+;/m1./s1. The molecule has 19 heavy (non-hydrogen) atoms. The van der Waals surface area contributed by atoms with Crippen LogP contribution < -0.4 is 5.32 Å². The zero-order chi connectivity index (χ0) is 14.8. The number of aliphatic hydroxyl groups excluding tert-OH is 2. The first-order valence-corrected chi connectivity index (χ1v) is 6.75. The Kier molecular flexibility index (Phi) is 9.38. The van der Waals surface area contributed by atoms with E-state index < -0.39 is 12.1 Å². The van der Waals surface area contributed by atoms with Crippen LogP contribution in [0.4, 0.5) is 0 Å². The van der Waals surface area contributed by atoms with Crippen LogP contribution in [0, 0.1) is 0 Å². The summed E-state index contributed by atoms with van der Waals surface area (Å²) >= 11 is 0. The van der Waals surface area contributed by atoms with Gasteiger partial charge in [-0.25, -0.2) is 0 Å². The van der Waals surface area contributed by atoms with Crippen LogP contribution >= 0.6 is 0 Å². The lowest BCUT2D eigenvalue weighted by atomic mass is 9.97. The number of amides is 1. The van der Waals surface area contributed by atoms with E-state index in [-0.39, 0.29) is 31.0 Å². The van der Waals surface area contributed by atoms with Crippen molar-refractivity contribution in [2.24, 2.45) is 0 Å². The maximum atomic E-state index is 11.7. The molecule has 0 aromatic rings. The van der Waals surface area contributed by atoms with Gasteiger partial charge in [-0.05, 0) is 19.8 Å². The van der Waals surface area contributed by atoms with Gasteiger partial charge < -0.3 is 20.3 Å². The van der Waals surface area contributed by atoms with Crippen molar-refractivity contribution in [3.05, 3.63) is 0 Å². The molecule has 0 spiro atoms. The molecule has 0 aromatic carbocycles. The van der Waals surface area contributed by atoms with Crippen molar-refractivity contribution < 1.29 is 24.5 Å². The van der Waals surface area contributed by atoms with E-state index in [4.69, 9.17) is 9.84 Å². The molecule has 1 heterocycles. The van der Waals surface area contributed by atoms with Crippen molar-refractivity contribution in [2.45, 2.75) is 58.3 Å². The van der Waals surface area contributed by atoms with Crippen molar-refractivity contribution in [2.75, 3.05) is 13.2 Å². The molecule has 3 N–H and O–H groups in total. The molecule has 1 fully saturated rings. The number of carbonyl (C=O) groups is 2. The largest absolute Gasteiger partial charge is 0.397 e. The highest BCUT2D eigenvalue weighted by molar-refractivity contribution is 5.93. The number of ketones is 1. The quantitative estimate of drug-likeness (QED) is 0.671. The fourth-order valence-corrected chi connectivity index (χ4v) is 1.77. The number of hydrogen-bond donors (Lipinski definition) is 3. The SMILES string of the molecule is CCCC(=O)N[C@@H]1C(=O)[C@H](O)COC1CC.CCO. The zero-order valence-electron chi connectivity index (χ0n) is 11.9. The van der Waals surface area contributed by atoms with E-state index >= 15 is 0 Å². The molecule has 0 aliphatic carbocycles. The van der Waals surface area contributed by atoms with Crippen LogP contribution in [0.5, 0.6) is 0 Å². The van der Waals surface area contributed by atoms with Crippen LogP contribution in [0.2, 0.25) is 0 Å². The summed E-state index contributed by atoms with van der Waals surface area (Å²) in [5, 5.41) is 19.6. The summed E-state index contributed by atoms with van der Waals surface area (Å²) in [5.41, 5.74) is 0. The van der Waals surface area contributed by atoms with E-state index in [2.05, 4.69) is 5.32 Å². The lowest BCUT2D eigenvalue weighted by molar-refractivity contribution is -0.151. The summed E-state index contributed by atoms with van der Waals surface area (Å²) in [6.07, 6.45) is 0.310. The van der Waals surface area contributed by atoms with Gasteiger partial charge in [0.05, 0.1) is 12.7 Å². The molecule has 1 saturated heterocycles. The van der Waals surface area contributed by atoms with E-state index in [1.807, 2.05) is 13.8 Å². The molecule has 112 valence electrons. The maximum absolute atomic E-state index is 11.7. The first kappa shape index (κ1) is 18.0. The van der Waals surface area contributed by atoms with Gasteiger partial charge in [-0.1, -0.05) is 13.8 Å². The van der Waals surface area contributed by atoms with Gasteiger partial charge in [-0.2, -0.15) is 0 Å². The van der Waals surface area contributed by atoms with Gasteiger partial charge in [-0.15, -0.1) is 0 Å². The summed E-state index contributed by atoms with van der Waals surface area (Å²) in [5.74, 6) is -0.514. The molecule has 0 bridgehead atoms. The molecule has 3 atom stereocenters. The van der Waals surface area contributed by atoms with Gasteiger partial charge in [0.15, 0.2) is 5.78 Å². The molecule has 0 radical (unpaired) electrons. The Labute approximate surface area is 114 Å². The van der Waals surface area contributed by atoms with E-state index in [1.54, 1.807) is 6.92 Å². The minimum atomic E-state index is -1.12. The van der Waals surface area contributed by atoms with Crippen LogP contribution in [-0.4, -0.2) is 53.4 Å². The fraction of sp³-hybridized carbons (Fsp3) is 0.846. The van der Waals surface area contributed by atoms with Crippen LogP contribution in [0.15, 0.2) is 0 Å². The van der Waals surface area contributed by atoms with Crippen molar-refractivity contribution in [1.82, 2.24) is 5.32 Å². The van der Waals surface area contributed by atoms with Crippen LogP contribution in [0.1, 0.15) is 40.0 Å². The van der Waals surface area contributed by atoms with Crippen molar-refractivity contribution in [3.63, 3.8) is 0 Å². The highest BCUT2D eigenvalue weighted by Gasteiger charge is 2.38. The predicted octanol–water partition coefficient (Wildman–Crippen LogP) is 0.00870. The first-order chi connectivity index (χ1) is 9.01. The summed E-state index contributed by atoms with van der Waals surface area (Å²) in [6.45, 7) is 5.73. The third kappa shape index (κ3) is 6.13. The minimum Gasteiger partial charge on any atom is -0.397 e. The molecule has 6 nitrogen and oxygen atoms in total. The summed E-state index contributed by atoms with van der Waals surface area (Å²) < 4.78 is 5.32. The monoisotopic (exact) mass is 275 g/mol. The molecule has 0 aromatic heterocycles. The molecule has 1 unspecified atom stereocenters. The number of aliphatic hydroxyl groups is 2. The average Bonchev–Trinajstić information content (AvgIpc) is 2.37. The first-order valence-electron chi connectivity index (χ1n) is 6.75. The predicted molar refractivity (Wildman–Crippen MR) is 70.6 cm³/mol. The van der Waals surface area contributed by atoms with Gasteiger partial charge in [0.25, 0.3) is 0 Å². The summed E-state index contributed by atoms with van der Waals surface area (Å²) in [7, 11) is 0. The van der Waals surface area contributed by atoms with Crippen molar-refractivity contribution in [1.29, 1.82) is 0 Å². The molecular formula is C13H25NO5. The second-order valence-corrected chi connectivity index (χ2v) is 4.31. The van der Waals surface area contributed by atoms with Gasteiger partial charge >= 0.3 is 0 Å². The van der Waals surface area contributed by atoms with Gasteiger partial charge in [0.2, 0.25) is 5.91 Å². The topological polar surface area (TPSA) is 95.9 Å². The second kappa shape index (κ2) is 9.89. The Balaban J connectivity index is 0.000000982. The van der Waals surface area contributed by atoms with Crippen molar-refractivity contribution in [3.8, 4) is 0 Å². The Hall–Kier alpha value is -0.980. The molecule has 1 amide bonds. The molecule has 1 aliphatic heterocycles. The highest BCUT2D eigenvalue weighted by atomic mass is 16.5. The summed E-state index contributed by atoms with van der Waals surface area (Å²) in [6, 6.07) is -0.701.